The van der Waals surface area contributed by atoms with Crippen LogP contribution in [-0.2, 0) is 10.0 Å². The van der Waals surface area contributed by atoms with Crippen molar-refractivity contribution in [2.45, 2.75) is 30.2 Å². The largest absolute Gasteiger partial charge is 0.327 e. The second kappa shape index (κ2) is 4.45. The number of hydrogen-bond donors (Lipinski definition) is 1. The zero-order valence-corrected chi connectivity index (χ0v) is 12.1. The maximum atomic E-state index is 12.5. The van der Waals surface area contributed by atoms with Gasteiger partial charge < -0.3 is 5.73 Å². The van der Waals surface area contributed by atoms with Crippen molar-refractivity contribution < 1.29 is 8.42 Å². The topological polar surface area (TPSA) is 63.4 Å². The van der Waals surface area contributed by atoms with E-state index >= 15 is 0 Å². The molecule has 4 nitrogen and oxygen atoms in total. The highest BCUT2D eigenvalue weighted by atomic mass is 35.5. The zero-order chi connectivity index (χ0) is 13.7. The molecule has 1 aromatic rings. The zero-order valence-electron chi connectivity index (χ0n) is 10.5. The van der Waals surface area contributed by atoms with E-state index in [0.29, 0.717) is 23.0 Å². The number of piperidine rings is 1. The fourth-order valence-electron chi connectivity index (χ4n) is 2.88. The van der Waals surface area contributed by atoms with Crippen LogP contribution in [0.1, 0.15) is 19.3 Å². The van der Waals surface area contributed by atoms with Crippen molar-refractivity contribution in [1.82, 2.24) is 4.31 Å². The molecule has 0 aromatic heterocycles. The van der Waals surface area contributed by atoms with E-state index in [-0.39, 0.29) is 11.5 Å². The highest BCUT2D eigenvalue weighted by molar-refractivity contribution is 7.89. The second-order valence-corrected chi connectivity index (χ2v) is 7.91. The number of rotatable bonds is 2. The van der Waals surface area contributed by atoms with Crippen molar-refractivity contribution in [3.05, 3.63) is 29.3 Å². The summed E-state index contributed by atoms with van der Waals surface area (Å²) in [6.07, 6.45) is 2.80. The third kappa shape index (κ3) is 2.29. The second-order valence-electron chi connectivity index (χ2n) is 5.53. The van der Waals surface area contributed by atoms with Crippen LogP contribution in [0.15, 0.2) is 29.2 Å². The summed E-state index contributed by atoms with van der Waals surface area (Å²) in [5.74, 6) is 0. The predicted molar refractivity (Wildman–Crippen MR) is 74.5 cm³/mol. The molecule has 2 N–H and O–H groups in total. The van der Waals surface area contributed by atoms with E-state index in [1.54, 1.807) is 28.6 Å². The smallest absolute Gasteiger partial charge is 0.243 e. The molecular weight excluding hydrogens is 284 g/mol. The monoisotopic (exact) mass is 300 g/mol. The molecule has 3 rings (SSSR count). The lowest BCUT2D eigenvalue weighted by molar-refractivity contribution is 0.252. The summed E-state index contributed by atoms with van der Waals surface area (Å²) in [5, 5.41) is 0.542. The molecule has 0 bridgehead atoms. The molecule has 2 aliphatic rings. The fourth-order valence-corrected chi connectivity index (χ4v) is 4.45. The van der Waals surface area contributed by atoms with Crippen molar-refractivity contribution in [3.63, 3.8) is 0 Å². The van der Waals surface area contributed by atoms with Gasteiger partial charge in [-0.1, -0.05) is 11.6 Å². The molecule has 0 amide bonds. The highest BCUT2D eigenvalue weighted by Gasteiger charge is 2.53. The van der Waals surface area contributed by atoms with Gasteiger partial charge in [0.1, 0.15) is 0 Å². The van der Waals surface area contributed by atoms with Crippen LogP contribution >= 0.6 is 11.6 Å². The first kappa shape index (κ1) is 13.4. The minimum Gasteiger partial charge on any atom is -0.327 e. The standard InChI is InChI=1S/C13H17ClN2O2S/c14-10-1-3-11(4-2-10)19(17,18)16-7-5-13(6-8-16)9-12(13)15/h1-4,12H,5-9,15H2. The van der Waals surface area contributed by atoms with Gasteiger partial charge in [0, 0.05) is 24.2 Å². The Hall–Kier alpha value is -0.620. The van der Waals surface area contributed by atoms with Crippen LogP contribution < -0.4 is 5.73 Å². The summed E-state index contributed by atoms with van der Waals surface area (Å²) in [6.45, 7) is 1.14. The van der Waals surface area contributed by atoms with Crippen molar-refractivity contribution >= 4 is 21.6 Å². The predicted octanol–water partition coefficient (Wildman–Crippen LogP) is 1.84. The molecule has 0 radical (unpaired) electrons. The Bertz CT molecular complexity index is 577. The summed E-state index contributed by atoms with van der Waals surface area (Å²) in [4.78, 5) is 0.313. The number of sulfonamides is 1. The highest BCUT2D eigenvalue weighted by Crippen LogP contribution is 2.52. The van der Waals surface area contributed by atoms with Crippen LogP contribution in [0.5, 0.6) is 0 Å². The lowest BCUT2D eigenvalue weighted by atomic mass is 9.94. The van der Waals surface area contributed by atoms with Gasteiger partial charge in [-0.3, -0.25) is 0 Å². The molecular formula is C13H17ClN2O2S. The first-order chi connectivity index (χ1) is 8.94. The lowest BCUT2D eigenvalue weighted by Crippen LogP contribution is -2.40. The fraction of sp³-hybridized carbons (Fsp3) is 0.538. The number of nitrogens with two attached hydrogens (primary N) is 1. The molecule has 1 spiro atoms. The van der Waals surface area contributed by atoms with E-state index in [2.05, 4.69) is 0 Å². The normalized spacial score (nSPS) is 26.5. The Morgan fingerprint density at radius 3 is 2.21 bits per heavy atom. The van der Waals surface area contributed by atoms with Crippen LogP contribution in [0.4, 0.5) is 0 Å². The molecule has 1 aromatic carbocycles. The Labute approximate surface area is 118 Å². The minimum absolute atomic E-state index is 0.228. The molecule has 104 valence electrons. The summed E-state index contributed by atoms with van der Waals surface area (Å²) in [7, 11) is -3.38. The van der Waals surface area contributed by atoms with Gasteiger partial charge in [0.2, 0.25) is 10.0 Å². The van der Waals surface area contributed by atoms with Crippen LogP contribution in [-0.4, -0.2) is 31.9 Å². The lowest BCUT2D eigenvalue weighted by Gasteiger charge is -2.31. The molecule has 1 aliphatic heterocycles. The summed E-state index contributed by atoms with van der Waals surface area (Å²) >= 11 is 5.79. The van der Waals surface area contributed by atoms with Gasteiger partial charge in [-0.05, 0) is 48.9 Å². The minimum atomic E-state index is -3.38. The van der Waals surface area contributed by atoms with E-state index in [1.165, 1.54) is 0 Å². The summed E-state index contributed by atoms with van der Waals surface area (Å²) < 4.78 is 26.5. The van der Waals surface area contributed by atoms with Crippen LogP contribution in [0.2, 0.25) is 5.02 Å². The first-order valence-corrected chi connectivity index (χ1v) is 8.27. The van der Waals surface area contributed by atoms with Gasteiger partial charge in [-0.15, -0.1) is 0 Å². The van der Waals surface area contributed by atoms with Gasteiger partial charge in [-0.25, -0.2) is 8.42 Å². The molecule has 1 saturated heterocycles. The molecule has 2 fully saturated rings. The van der Waals surface area contributed by atoms with Crippen molar-refractivity contribution in [2.75, 3.05) is 13.1 Å². The van der Waals surface area contributed by atoms with Gasteiger partial charge in [0.15, 0.2) is 0 Å². The van der Waals surface area contributed by atoms with Gasteiger partial charge in [0.25, 0.3) is 0 Å². The quantitative estimate of drug-likeness (QED) is 0.906. The molecule has 6 heteroatoms. The summed E-state index contributed by atoms with van der Waals surface area (Å²) in [5.41, 5.74) is 6.16. The van der Waals surface area contributed by atoms with E-state index in [9.17, 15) is 8.42 Å². The number of nitrogens with zero attached hydrogens (tertiary/aromatic N) is 1. The molecule has 1 unspecified atom stereocenters. The number of benzene rings is 1. The summed E-state index contributed by atoms with van der Waals surface area (Å²) in [6, 6.07) is 6.61. The van der Waals surface area contributed by atoms with Crippen LogP contribution in [0.3, 0.4) is 0 Å². The van der Waals surface area contributed by atoms with Crippen molar-refractivity contribution in [1.29, 1.82) is 0 Å². The number of halogens is 1. The Balaban J connectivity index is 1.77. The maximum Gasteiger partial charge on any atom is 0.243 e. The third-order valence-electron chi connectivity index (χ3n) is 4.42. The van der Waals surface area contributed by atoms with Crippen LogP contribution in [0, 0.1) is 5.41 Å². The van der Waals surface area contributed by atoms with E-state index in [0.717, 1.165) is 19.3 Å². The third-order valence-corrected chi connectivity index (χ3v) is 6.59. The first-order valence-electron chi connectivity index (χ1n) is 6.45. The Morgan fingerprint density at radius 2 is 1.74 bits per heavy atom. The van der Waals surface area contributed by atoms with E-state index in [1.807, 2.05) is 0 Å². The molecule has 1 heterocycles. The van der Waals surface area contributed by atoms with E-state index in [4.69, 9.17) is 17.3 Å². The van der Waals surface area contributed by atoms with Crippen molar-refractivity contribution in [3.8, 4) is 0 Å². The van der Waals surface area contributed by atoms with E-state index < -0.39 is 10.0 Å². The SMILES string of the molecule is NC1CC12CCN(S(=O)(=O)c1ccc(Cl)cc1)CC2. The van der Waals surface area contributed by atoms with Crippen molar-refractivity contribution in [2.24, 2.45) is 11.1 Å². The molecule has 1 atom stereocenters. The average molecular weight is 301 g/mol. The Kier molecular flexibility index (Phi) is 3.13. The Morgan fingerprint density at radius 1 is 1.21 bits per heavy atom. The van der Waals surface area contributed by atoms with Gasteiger partial charge in [0.05, 0.1) is 4.90 Å². The molecule has 1 saturated carbocycles. The number of hydrogen-bond acceptors (Lipinski definition) is 3. The molecule has 1 aliphatic carbocycles. The van der Waals surface area contributed by atoms with Crippen LogP contribution in [0.25, 0.3) is 0 Å². The van der Waals surface area contributed by atoms with Gasteiger partial charge >= 0.3 is 0 Å². The maximum absolute atomic E-state index is 12.5. The average Bonchev–Trinajstić information content (AvgIpc) is 3.00. The van der Waals surface area contributed by atoms with Gasteiger partial charge in [-0.2, -0.15) is 4.31 Å². The molecule has 19 heavy (non-hydrogen) atoms.